The maximum Gasteiger partial charge on any atom is 0.330 e. The molecular weight excluding hydrogens is 446 g/mol. The Morgan fingerprint density at radius 2 is 1.84 bits per heavy atom. The van der Waals surface area contributed by atoms with Gasteiger partial charge in [0.2, 0.25) is 10.0 Å². The van der Waals surface area contributed by atoms with Crippen molar-refractivity contribution in [3.8, 4) is 0 Å². The van der Waals surface area contributed by atoms with Crippen LogP contribution in [0.3, 0.4) is 0 Å². The minimum atomic E-state index is -3.77. The molecule has 32 heavy (non-hydrogen) atoms. The summed E-state index contributed by atoms with van der Waals surface area (Å²) < 4.78 is 45.5. The summed E-state index contributed by atoms with van der Waals surface area (Å²) in [5.74, 6) is -0.484. The molecule has 6 nitrogen and oxygen atoms in total. The van der Waals surface area contributed by atoms with Crippen LogP contribution >= 0.6 is 0 Å². The molecule has 1 fully saturated rings. The molecular formula is C24H27NO5S2. The van der Waals surface area contributed by atoms with Crippen molar-refractivity contribution in [1.82, 2.24) is 4.31 Å². The SMILES string of the molecule is COC(=O)/C=C/[C@H]1C[C@@H](CS(=O)/C=C/c2ccccc2)N(S(=O)(=O)c2ccc(C)cc2)C1. The average molecular weight is 474 g/mol. The van der Waals surface area contributed by atoms with Crippen LogP contribution in [-0.2, 0) is 30.4 Å². The second kappa shape index (κ2) is 10.8. The molecule has 2 aromatic carbocycles. The molecule has 0 saturated carbocycles. The van der Waals surface area contributed by atoms with Gasteiger partial charge in [0.15, 0.2) is 0 Å². The molecule has 3 atom stereocenters. The number of esters is 1. The van der Waals surface area contributed by atoms with Crippen LogP contribution in [0.15, 0.2) is 77.1 Å². The third-order valence-electron chi connectivity index (χ3n) is 5.30. The molecule has 1 saturated heterocycles. The highest BCUT2D eigenvalue weighted by Crippen LogP contribution is 2.31. The summed E-state index contributed by atoms with van der Waals surface area (Å²) in [6, 6.07) is 15.8. The number of aryl methyl sites for hydroxylation is 1. The number of carbonyl (C=O) groups excluding carboxylic acids is 1. The monoisotopic (exact) mass is 473 g/mol. The number of rotatable bonds is 8. The second-order valence-electron chi connectivity index (χ2n) is 7.68. The minimum absolute atomic E-state index is 0.172. The molecule has 2 aromatic rings. The fraction of sp³-hybridized carbons (Fsp3) is 0.292. The van der Waals surface area contributed by atoms with Crippen LogP contribution in [0.4, 0.5) is 0 Å². The molecule has 0 radical (unpaired) electrons. The third-order valence-corrected chi connectivity index (χ3v) is 8.38. The lowest BCUT2D eigenvalue weighted by atomic mass is 10.1. The summed E-state index contributed by atoms with van der Waals surface area (Å²) in [6.07, 6.45) is 5.24. The highest BCUT2D eigenvalue weighted by Gasteiger charge is 2.40. The first kappa shape index (κ1) is 24.1. The summed E-state index contributed by atoms with van der Waals surface area (Å²) in [5, 5.41) is 1.60. The topological polar surface area (TPSA) is 80.8 Å². The molecule has 0 bridgehead atoms. The van der Waals surface area contributed by atoms with Gasteiger partial charge in [-0.2, -0.15) is 4.31 Å². The van der Waals surface area contributed by atoms with Crippen LogP contribution < -0.4 is 0 Å². The van der Waals surface area contributed by atoms with Crippen molar-refractivity contribution >= 4 is 32.9 Å². The molecule has 0 aliphatic carbocycles. The smallest absolute Gasteiger partial charge is 0.330 e. The van der Waals surface area contributed by atoms with E-state index in [0.29, 0.717) is 6.42 Å². The second-order valence-corrected chi connectivity index (χ2v) is 10.9. The normalized spacial score (nSPS) is 20.7. The van der Waals surface area contributed by atoms with Gasteiger partial charge in [-0.3, -0.25) is 4.21 Å². The van der Waals surface area contributed by atoms with Crippen LogP contribution in [0.25, 0.3) is 6.08 Å². The Kier molecular flexibility index (Phi) is 8.17. The molecule has 1 unspecified atom stereocenters. The van der Waals surface area contributed by atoms with Crippen molar-refractivity contribution in [2.24, 2.45) is 5.92 Å². The number of hydrogen-bond acceptors (Lipinski definition) is 5. The van der Waals surface area contributed by atoms with Gasteiger partial charge < -0.3 is 4.74 Å². The van der Waals surface area contributed by atoms with E-state index >= 15 is 0 Å². The van der Waals surface area contributed by atoms with Crippen molar-refractivity contribution < 1.29 is 22.2 Å². The number of benzene rings is 2. The maximum atomic E-state index is 13.4. The Hall–Kier alpha value is -2.55. The van der Waals surface area contributed by atoms with Gasteiger partial charge in [-0.1, -0.05) is 54.1 Å². The summed E-state index contributed by atoms with van der Waals surface area (Å²) in [6.45, 7) is 2.11. The Morgan fingerprint density at radius 1 is 1.16 bits per heavy atom. The number of carbonyl (C=O) groups is 1. The van der Waals surface area contributed by atoms with Gasteiger partial charge >= 0.3 is 5.97 Å². The van der Waals surface area contributed by atoms with Gasteiger partial charge in [-0.25, -0.2) is 13.2 Å². The largest absolute Gasteiger partial charge is 0.466 e. The van der Waals surface area contributed by atoms with Crippen molar-refractivity contribution in [2.45, 2.75) is 24.3 Å². The first-order valence-corrected chi connectivity index (χ1v) is 13.1. The molecule has 3 rings (SSSR count). The number of ether oxygens (including phenoxy) is 1. The first-order chi connectivity index (χ1) is 15.3. The van der Waals surface area contributed by atoms with E-state index < -0.39 is 32.8 Å². The number of hydrogen-bond donors (Lipinski definition) is 0. The van der Waals surface area contributed by atoms with Gasteiger partial charge in [-0.15, -0.1) is 0 Å². The zero-order valence-electron chi connectivity index (χ0n) is 18.1. The van der Waals surface area contributed by atoms with Gasteiger partial charge in [-0.05, 0) is 43.0 Å². The van der Waals surface area contributed by atoms with E-state index in [0.717, 1.165) is 11.1 Å². The molecule has 0 amide bonds. The molecule has 1 aliphatic heterocycles. The van der Waals surface area contributed by atoms with Gasteiger partial charge in [0.05, 0.1) is 12.0 Å². The predicted octanol–water partition coefficient (Wildman–Crippen LogP) is 3.52. The fourth-order valence-electron chi connectivity index (χ4n) is 3.60. The van der Waals surface area contributed by atoms with Crippen molar-refractivity contribution in [2.75, 3.05) is 19.4 Å². The number of nitrogens with zero attached hydrogens (tertiary/aromatic N) is 1. The average Bonchev–Trinajstić information content (AvgIpc) is 3.20. The molecule has 0 N–H and O–H groups in total. The highest BCUT2D eigenvalue weighted by molar-refractivity contribution is 7.89. The zero-order chi connectivity index (χ0) is 23.1. The molecule has 8 heteroatoms. The van der Waals surface area contributed by atoms with Gasteiger partial charge in [0.1, 0.15) is 0 Å². The standard InChI is InChI=1S/C24H27NO5S2/c1-19-8-11-23(12-9-19)32(28,29)25-17-21(10-13-24(26)30-2)16-22(25)18-31(27)15-14-20-6-4-3-5-7-20/h3-15,21-22H,16-18H2,1-2H3/b13-10+,15-14+/t21-,22-,31?/m0/s1. The van der Waals surface area contributed by atoms with Crippen LogP contribution in [0.5, 0.6) is 0 Å². The molecule has 0 aromatic heterocycles. The highest BCUT2D eigenvalue weighted by atomic mass is 32.2. The van der Waals surface area contributed by atoms with Crippen LogP contribution in [-0.4, -0.2) is 48.4 Å². The maximum absolute atomic E-state index is 13.4. The van der Waals surface area contributed by atoms with Gasteiger partial charge in [0.25, 0.3) is 0 Å². The van der Waals surface area contributed by atoms with E-state index in [1.54, 1.807) is 41.8 Å². The van der Waals surface area contributed by atoms with Crippen molar-refractivity contribution in [1.29, 1.82) is 0 Å². The van der Waals surface area contributed by atoms with E-state index in [4.69, 9.17) is 0 Å². The first-order valence-electron chi connectivity index (χ1n) is 10.2. The van der Waals surface area contributed by atoms with E-state index in [1.807, 2.05) is 37.3 Å². The fourth-order valence-corrected chi connectivity index (χ4v) is 6.50. The number of methoxy groups -OCH3 is 1. The Labute approximate surface area is 192 Å². The predicted molar refractivity (Wildman–Crippen MR) is 127 cm³/mol. The Bertz CT molecular complexity index is 1110. The Morgan fingerprint density at radius 3 is 2.50 bits per heavy atom. The Balaban J connectivity index is 1.81. The summed E-state index contributed by atoms with van der Waals surface area (Å²) >= 11 is 0. The quantitative estimate of drug-likeness (QED) is 0.433. The lowest BCUT2D eigenvalue weighted by molar-refractivity contribution is -0.134. The molecule has 170 valence electrons. The zero-order valence-corrected chi connectivity index (χ0v) is 19.7. The van der Waals surface area contributed by atoms with E-state index in [1.165, 1.54) is 17.5 Å². The van der Waals surface area contributed by atoms with Crippen LogP contribution in [0.1, 0.15) is 17.5 Å². The lowest BCUT2D eigenvalue weighted by Gasteiger charge is -2.23. The van der Waals surface area contributed by atoms with Gasteiger partial charge in [0, 0.05) is 40.6 Å². The van der Waals surface area contributed by atoms with Crippen molar-refractivity contribution in [3.05, 3.63) is 83.3 Å². The third kappa shape index (κ3) is 6.25. The molecule has 0 spiro atoms. The lowest BCUT2D eigenvalue weighted by Crippen LogP contribution is -2.38. The summed E-state index contributed by atoms with van der Waals surface area (Å²) in [7, 11) is -3.84. The molecule has 1 heterocycles. The number of sulfonamides is 1. The van der Waals surface area contributed by atoms with E-state index in [9.17, 15) is 17.4 Å². The summed E-state index contributed by atoms with van der Waals surface area (Å²) in [5.41, 5.74) is 1.89. The van der Waals surface area contributed by atoms with Crippen molar-refractivity contribution in [3.63, 3.8) is 0 Å². The minimum Gasteiger partial charge on any atom is -0.466 e. The van der Waals surface area contributed by atoms with Crippen LogP contribution in [0.2, 0.25) is 0 Å². The summed E-state index contributed by atoms with van der Waals surface area (Å²) in [4.78, 5) is 11.7. The van der Waals surface area contributed by atoms with Crippen LogP contribution in [0, 0.1) is 12.8 Å². The van der Waals surface area contributed by atoms with E-state index in [2.05, 4.69) is 4.74 Å². The molecule has 1 aliphatic rings. The van der Waals surface area contributed by atoms with E-state index in [-0.39, 0.29) is 23.1 Å².